The maximum atomic E-state index is 12.6. The number of anilines is 1. The molecule has 0 heterocycles. The first-order valence-corrected chi connectivity index (χ1v) is 6.74. The summed E-state index contributed by atoms with van der Waals surface area (Å²) in [4.78, 5) is 0. The van der Waals surface area contributed by atoms with E-state index in [0.29, 0.717) is 18.4 Å². The molecule has 0 spiro atoms. The van der Waals surface area contributed by atoms with E-state index in [1.807, 2.05) is 13.0 Å². The molecule has 0 unspecified atom stereocenters. The first kappa shape index (κ1) is 14.7. The van der Waals surface area contributed by atoms with E-state index in [1.165, 1.54) is 0 Å². The second-order valence-electron chi connectivity index (χ2n) is 5.38. The maximum Gasteiger partial charge on any atom is 0.391 e. The van der Waals surface area contributed by atoms with E-state index >= 15 is 0 Å². The van der Waals surface area contributed by atoms with Gasteiger partial charge in [0.15, 0.2) is 0 Å². The molecule has 108 valence electrons. The molecule has 1 fully saturated rings. The number of hydrogen-bond acceptors (Lipinski definition) is 2. The fraction of sp³-hybridized carbons (Fsp3) is 0.533. The van der Waals surface area contributed by atoms with Gasteiger partial charge < -0.3 is 5.32 Å². The van der Waals surface area contributed by atoms with Crippen LogP contribution in [0.15, 0.2) is 18.2 Å². The van der Waals surface area contributed by atoms with Crippen molar-refractivity contribution in [3.63, 3.8) is 0 Å². The lowest BCUT2D eigenvalue weighted by Gasteiger charge is -2.31. The number of aryl methyl sites for hydroxylation is 1. The number of nitriles is 1. The lowest BCUT2D eigenvalue weighted by Crippen LogP contribution is -2.32. The normalized spacial score (nSPS) is 23.1. The van der Waals surface area contributed by atoms with Crippen LogP contribution in [-0.4, -0.2) is 12.2 Å². The zero-order valence-electron chi connectivity index (χ0n) is 11.3. The first-order chi connectivity index (χ1) is 9.40. The fourth-order valence-electron chi connectivity index (χ4n) is 2.63. The molecule has 2 nitrogen and oxygen atoms in total. The second kappa shape index (κ2) is 5.74. The molecule has 2 rings (SSSR count). The molecule has 0 amide bonds. The van der Waals surface area contributed by atoms with Gasteiger partial charge in [0.1, 0.15) is 0 Å². The molecule has 0 saturated heterocycles. The van der Waals surface area contributed by atoms with Gasteiger partial charge in [-0.2, -0.15) is 18.4 Å². The van der Waals surface area contributed by atoms with Crippen LogP contribution in [0.2, 0.25) is 0 Å². The fourth-order valence-corrected chi connectivity index (χ4v) is 2.63. The number of hydrogen-bond donors (Lipinski definition) is 1. The van der Waals surface area contributed by atoms with Crippen molar-refractivity contribution >= 4 is 5.69 Å². The first-order valence-electron chi connectivity index (χ1n) is 6.74. The van der Waals surface area contributed by atoms with Crippen LogP contribution in [0.25, 0.3) is 0 Å². The van der Waals surface area contributed by atoms with Crippen molar-refractivity contribution in [3.8, 4) is 6.07 Å². The summed E-state index contributed by atoms with van der Waals surface area (Å²) >= 11 is 0. The summed E-state index contributed by atoms with van der Waals surface area (Å²) in [6, 6.07) is 7.47. The highest BCUT2D eigenvalue weighted by Gasteiger charge is 2.41. The van der Waals surface area contributed by atoms with Crippen molar-refractivity contribution in [1.29, 1.82) is 5.26 Å². The minimum Gasteiger partial charge on any atom is -0.382 e. The third-order valence-electron chi connectivity index (χ3n) is 3.92. The van der Waals surface area contributed by atoms with Crippen LogP contribution in [-0.2, 0) is 0 Å². The summed E-state index contributed by atoms with van der Waals surface area (Å²) < 4.78 is 37.8. The number of rotatable bonds is 2. The number of halogens is 3. The van der Waals surface area contributed by atoms with Crippen LogP contribution in [0, 0.1) is 24.2 Å². The van der Waals surface area contributed by atoms with E-state index in [-0.39, 0.29) is 18.9 Å². The Morgan fingerprint density at radius 3 is 2.40 bits per heavy atom. The van der Waals surface area contributed by atoms with Crippen LogP contribution < -0.4 is 5.32 Å². The second-order valence-corrected chi connectivity index (χ2v) is 5.38. The Balaban J connectivity index is 1.98. The van der Waals surface area contributed by atoms with Gasteiger partial charge in [0.2, 0.25) is 0 Å². The summed E-state index contributed by atoms with van der Waals surface area (Å²) in [5.41, 5.74) is 2.41. The Kier molecular flexibility index (Phi) is 4.22. The zero-order valence-corrected chi connectivity index (χ0v) is 11.3. The Labute approximate surface area is 116 Å². The average Bonchev–Trinajstić information content (AvgIpc) is 2.41. The van der Waals surface area contributed by atoms with Crippen LogP contribution in [0.4, 0.5) is 18.9 Å². The number of nitrogens with zero attached hydrogens (tertiary/aromatic N) is 1. The predicted octanol–water partition coefficient (Wildman–Crippen LogP) is 4.40. The molecular formula is C15H17F3N2. The van der Waals surface area contributed by atoms with Crippen molar-refractivity contribution in [2.45, 2.75) is 44.8 Å². The number of benzene rings is 1. The molecule has 0 atom stereocenters. The largest absolute Gasteiger partial charge is 0.391 e. The lowest BCUT2D eigenvalue weighted by molar-refractivity contribution is -0.182. The van der Waals surface area contributed by atoms with Crippen LogP contribution in [0.3, 0.4) is 0 Å². The molecule has 1 aromatic carbocycles. The number of nitrogens with one attached hydrogen (secondary N) is 1. The van der Waals surface area contributed by atoms with E-state index in [1.54, 1.807) is 12.1 Å². The Bertz CT molecular complexity index is 509. The Morgan fingerprint density at radius 1 is 1.20 bits per heavy atom. The molecule has 0 aromatic heterocycles. The molecule has 5 heteroatoms. The van der Waals surface area contributed by atoms with E-state index in [0.717, 1.165) is 11.3 Å². The van der Waals surface area contributed by atoms with Gasteiger partial charge in [0, 0.05) is 11.7 Å². The molecule has 1 saturated carbocycles. The highest BCUT2D eigenvalue weighted by Crippen LogP contribution is 2.38. The van der Waals surface area contributed by atoms with E-state index < -0.39 is 12.1 Å². The Hall–Kier alpha value is -1.70. The number of alkyl halides is 3. The van der Waals surface area contributed by atoms with E-state index in [9.17, 15) is 13.2 Å². The summed E-state index contributed by atoms with van der Waals surface area (Å²) in [6.07, 6.45) is -2.68. The predicted molar refractivity (Wildman–Crippen MR) is 71.3 cm³/mol. The quantitative estimate of drug-likeness (QED) is 0.872. The third kappa shape index (κ3) is 3.44. The third-order valence-corrected chi connectivity index (χ3v) is 3.92. The molecule has 0 bridgehead atoms. The van der Waals surface area contributed by atoms with Crippen molar-refractivity contribution in [2.75, 3.05) is 5.32 Å². The molecule has 0 aliphatic heterocycles. The summed E-state index contributed by atoms with van der Waals surface area (Å²) in [6.45, 7) is 1.92. The van der Waals surface area contributed by atoms with Crippen LogP contribution >= 0.6 is 0 Å². The highest BCUT2D eigenvalue weighted by atomic mass is 19.4. The Morgan fingerprint density at radius 2 is 1.85 bits per heavy atom. The SMILES string of the molecule is Cc1ccc(C#N)cc1NC1CCC(C(F)(F)F)CC1. The van der Waals surface area contributed by atoms with Crippen LogP contribution in [0.5, 0.6) is 0 Å². The van der Waals surface area contributed by atoms with Crippen molar-refractivity contribution < 1.29 is 13.2 Å². The van der Waals surface area contributed by atoms with Crippen LogP contribution in [0.1, 0.15) is 36.8 Å². The average molecular weight is 282 g/mol. The summed E-state index contributed by atoms with van der Waals surface area (Å²) in [5, 5.41) is 12.2. The minimum absolute atomic E-state index is 0.0567. The van der Waals surface area contributed by atoms with Crippen molar-refractivity contribution in [2.24, 2.45) is 5.92 Å². The lowest BCUT2D eigenvalue weighted by atomic mass is 9.85. The van der Waals surface area contributed by atoms with Gasteiger partial charge in [-0.05, 0) is 50.3 Å². The maximum absolute atomic E-state index is 12.6. The monoisotopic (exact) mass is 282 g/mol. The molecule has 1 aliphatic rings. The van der Waals surface area contributed by atoms with Gasteiger partial charge in [-0.15, -0.1) is 0 Å². The molecule has 1 N–H and O–H groups in total. The minimum atomic E-state index is -4.07. The molecule has 0 radical (unpaired) electrons. The topological polar surface area (TPSA) is 35.8 Å². The molecule has 1 aromatic rings. The summed E-state index contributed by atoms with van der Waals surface area (Å²) in [5.74, 6) is -1.16. The van der Waals surface area contributed by atoms with Gasteiger partial charge in [0.05, 0.1) is 17.6 Å². The van der Waals surface area contributed by atoms with Gasteiger partial charge in [0.25, 0.3) is 0 Å². The van der Waals surface area contributed by atoms with Crippen molar-refractivity contribution in [3.05, 3.63) is 29.3 Å². The van der Waals surface area contributed by atoms with Gasteiger partial charge in [-0.3, -0.25) is 0 Å². The molecule has 1 aliphatic carbocycles. The standard InChI is InChI=1S/C15H17F3N2/c1-10-2-3-11(9-19)8-14(10)20-13-6-4-12(5-7-13)15(16,17)18/h2-3,8,12-13,20H,4-7H2,1H3. The van der Waals surface area contributed by atoms with E-state index in [2.05, 4.69) is 11.4 Å². The van der Waals surface area contributed by atoms with Gasteiger partial charge in [-0.1, -0.05) is 6.07 Å². The highest BCUT2D eigenvalue weighted by molar-refractivity contribution is 5.55. The summed E-state index contributed by atoms with van der Waals surface area (Å²) in [7, 11) is 0. The smallest absolute Gasteiger partial charge is 0.382 e. The van der Waals surface area contributed by atoms with Gasteiger partial charge >= 0.3 is 6.18 Å². The van der Waals surface area contributed by atoms with Crippen molar-refractivity contribution in [1.82, 2.24) is 0 Å². The molecule has 20 heavy (non-hydrogen) atoms. The van der Waals surface area contributed by atoms with E-state index in [4.69, 9.17) is 5.26 Å². The molecular weight excluding hydrogens is 265 g/mol. The zero-order chi connectivity index (χ0) is 14.8. The van der Waals surface area contributed by atoms with Gasteiger partial charge in [-0.25, -0.2) is 0 Å².